The van der Waals surface area contributed by atoms with Gasteiger partial charge in [-0.25, -0.2) is 4.79 Å². The van der Waals surface area contributed by atoms with Crippen LogP contribution in [-0.2, 0) is 16.0 Å². The number of nitrogens with one attached hydrogen (secondary N) is 2. The van der Waals surface area contributed by atoms with Gasteiger partial charge in [-0.1, -0.05) is 31.2 Å². The normalized spacial score (nSPS) is 16.4. The third-order valence-corrected chi connectivity index (χ3v) is 7.45. The first kappa shape index (κ1) is 27.1. The van der Waals surface area contributed by atoms with Crippen LogP contribution in [0.25, 0.3) is 5.69 Å². The van der Waals surface area contributed by atoms with Gasteiger partial charge in [-0.15, -0.1) is 0 Å². The molecular formula is C31H31N5O3S. The van der Waals surface area contributed by atoms with Gasteiger partial charge in [0.05, 0.1) is 30.5 Å². The third-order valence-electron chi connectivity index (χ3n) is 7.10. The Morgan fingerprint density at radius 3 is 2.52 bits per heavy atom. The Hall–Kier alpha value is -4.50. The molecule has 5 rings (SSSR count). The molecule has 1 saturated heterocycles. The quantitative estimate of drug-likeness (QED) is 0.217. The number of anilines is 1. The summed E-state index contributed by atoms with van der Waals surface area (Å²) in [4.78, 5) is 31.7. The van der Waals surface area contributed by atoms with Crippen molar-refractivity contribution in [1.29, 1.82) is 0 Å². The molecule has 1 aliphatic rings. The molecule has 204 valence electrons. The van der Waals surface area contributed by atoms with E-state index in [4.69, 9.17) is 17.0 Å². The number of ether oxygens (including phenoxy) is 1. The van der Waals surface area contributed by atoms with Gasteiger partial charge in [-0.2, -0.15) is 0 Å². The molecule has 9 heteroatoms. The van der Waals surface area contributed by atoms with Gasteiger partial charge in [0, 0.05) is 42.4 Å². The van der Waals surface area contributed by atoms with Crippen molar-refractivity contribution in [3.05, 3.63) is 114 Å². The van der Waals surface area contributed by atoms with Crippen LogP contribution in [0.5, 0.6) is 0 Å². The number of pyridine rings is 1. The lowest BCUT2D eigenvalue weighted by molar-refractivity contribution is -0.116. The van der Waals surface area contributed by atoms with Crippen LogP contribution in [0.15, 0.2) is 91.3 Å². The van der Waals surface area contributed by atoms with Gasteiger partial charge < -0.3 is 24.8 Å². The minimum Gasteiger partial charge on any atom is -0.465 e. The van der Waals surface area contributed by atoms with E-state index >= 15 is 0 Å². The standard InChI is InChI=1S/C31H31N5O3S/c1-3-21-9-4-5-10-24(21)33-27(37)17-20-36-29(28(34-31(36)40)25-11-6-7-18-32-25)26-12-8-19-35(26)23-15-13-22(14-16-23)30(38)39-2/h4-16,18-19,28-29H,3,17,20H2,1-2H3,(H,33,37)(H,34,40)/t28-,29-/m0/s1. The van der Waals surface area contributed by atoms with Crippen molar-refractivity contribution in [2.75, 3.05) is 19.0 Å². The number of thiocarbonyl (C=S) groups is 1. The Kier molecular flexibility index (Phi) is 8.21. The first-order chi connectivity index (χ1) is 19.5. The maximum Gasteiger partial charge on any atom is 0.337 e. The highest BCUT2D eigenvalue weighted by Crippen LogP contribution is 2.39. The number of nitrogens with zero attached hydrogens (tertiary/aromatic N) is 3. The lowest BCUT2D eigenvalue weighted by Crippen LogP contribution is -2.33. The van der Waals surface area contributed by atoms with Gasteiger partial charge in [0.1, 0.15) is 0 Å². The number of rotatable bonds is 9. The molecule has 4 aromatic rings. The van der Waals surface area contributed by atoms with E-state index in [0.29, 0.717) is 17.2 Å². The Balaban J connectivity index is 1.43. The summed E-state index contributed by atoms with van der Waals surface area (Å²) in [5.74, 6) is -0.455. The highest BCUT2D eigenvalue weighted by Gasteiger charge is 2.41. The zero-order valence-corrected chi connectivity index (χ0v) is 23.2. The Morgan fingerprint density at radius 2 is 1.80 bits per heavy atom. The smallest absolute Gasteiger partial charge is 0.337 e. The van der Waals surface area contributed by atoms with Crippen LogP contribution >= 0.6 is 12.2 Å². The molecule has 2 atom stereocenters. The molecule has 2 aromatic heterocycles. The molecule has 8 nitrogen and oxygen atoms in total. The number of benzene rings is 2. The molecule has 2 aromatic carbocycles. The Bertz CT molecular complexity index is 1500. The molecular weight excluding hydrogens is 522 g/mol. The van der Waals surface area contributed by atoms with E-state index in [1.807, 2.05) is 66.9 Å². The van der Waals surface area contributed by atoms with Crippen molar-refractivity contribution in [2.45, 2.75) is 31.8 Å². The van der Waals surface area contributed by atoms with Crippen LogP contribution in [0.1, 0.15) is 52.7 Å². The fourth-order valence-corrected chi connectivity index (χ4v) is 5.43. The molecule has 3 heterocycles. The molecule has 40 heavy (non-hydrogen) atoms. The van der Waals surface area contributed by atoms with Crippen LogP contribution in [-0.4, -0.2) is 45.1 Å². The van der Waals surface area contributed by atoms with Crippen LogP contribution in [0.4, 0.5) is 5.69 Å². The van der Waals surface area contributed by atoms with Gasteiger partial charge in [0.25, 0.3) is 0 Å². The van der Waals surface area contributed by atoms with Gasteiger partial charge in [-0.3, -0.25) is 9.78 Å². The van der Waals surface area contributed by atoms with E-state index in [0.717, 1.165) is 34.7 Å². The zero-order chi connectivity index (χ0) is 28.1. The zero-order valence-electron chi connectivity index (χ0n) is 22.4. The van der Waals surface area contributed by atoms with Crippen molar-refractivity contribution < 1.29 is 14.3 Å². The first-order valence-corrected chi connectivity index (χ1v) is 13.6. The molecule has 0 bridgehead atoms. The summed E-state index contributed by atoms with van der Waals surface area (Å²) in [6, 6.07) is 24.5. The SMILES string of the molecule is CCc1ccccc1NC(=O)CCN1C(=S)N[C@@H](c2ccccn2)[C@@H]1c1cccn1-c1ccc(C(=O)OC)cc1. The number of esters is 1. The van der Waals surface area contributed by atoms with Crippen LogP contribution in [0.3, 0.4) is 0 Å². The van der Waals surface area contributed by atoms with Gasteiger partial charge in [0.2, 0.25) is 5.91 Å². The summed E-state index contributed by atoms with van der Waals surface area (Å²) in [5.41, 5.74) is 5.13. The van der Waals surface area contributed by atoms with Crippen molar-refractivity contribution in [3.8, 4) is 5.69 Å². The molecule has 2 N–H and O–H groups in total. The molecule has 1 fully saturated rings. The van der Waals surface area contributed by atoms with Gasteiger partial charge >= 0.3 is 5.97 Å². The largest absolute Gasteiger partial charge is 0.465 e. The second-order valence-electron chi connectivity index (χ2n) is 9.47. The summed E-state index contributed by atoms with van der Waals surface area (Å²) in [6.45, 7) is 2.49. The number of methoxy groups -OCH3 is 1. The molecule has 1 amide bonds. The lowest BCUT2D eigenvalue weighted by atomic mass is 10.0. The molecule has 0 aliphatic carbocycles. The van der Waals surface area contributed by atoms with Crippen molar-refractivity contribution >= 4 is 34.9 Å². The van der Waals surface area contributed by atoms with E-state index in [2.05, 4.69) is 38.1 Å². The molecule has 0 saturated carbocycles. The number of carbonyl (C=O) groups is 2. The second kappa shape index (κ2) is 12.1. The number of hydrogen-bond acceptors (Lipinski definition) is 5. The Morgan fingerprint density at radius 1 is 1.02 bits per heavy atom. The number of carbonyl (C=O) groups excluding carboxylic acids is 2. The van der Waals surface area contributed by atoms with E-state index in [1.165, 1.54) is 7.11 Å². The summed E-state index contributed by atoms with van der Waals surface area (Å²) in [6.07, 6.45) is 4.84. The van der Waals surface area contributed by atoms with E-state index in [-0.39, 0.29) is 30.4 Å². The monoisotopic (exact) mass is 553 g/mol. The fourth-order valence-electron chi connectivity index (χ4n) is 5.10. The predicted octanol–water partition coefficient (Wildman–Crippen LogP) is 5.22. The van der Waals surface area contributed by atoms with Crippen molar-refractivity contribution in [3.63, 3.8) is 0 Å². The molecule has 1 aliphatic heterocycles. The number of para-hydroxylation sites is 1. The predicted molar refractivity (Wildman–Crippen MR) is 158 cm³/mol. The van der Waals surface area contributed by atoms with Gasteiger partial charge in [-0.05, 0) is 78.8 Å². The van der Waals surface area contributed by atoms with Crippen LogP contribution in [0, 0.1) is 0 Å². The van der Waals surface area contributed by atoms with E-state index in [9.17, 15) is 9.59 Å². The lowest BCUT2D eigenvalue weighted by Gasteiger charge is -2.29. The number of hydrogen-bond donors (Lipinski definition) is 2. The summed E-state index contributed by atoms with van der Waals surface area (Å²) >= 11 is 5.80. The second-order valence-corrected chi connectivity index (χ2v) is 9.86. The average molecular weight is 554 g/mol. The Labute approximate surface area is 239 Å². The third kappa shape index (κ3) is 5.60. The minimum atomic E-state index is -0.383. The van der Waals surface area contributed by atoms with Gasteiger partial charge in [0.15, 0.2) is 5.11 Å². The van der Waals surface area contributed by atoms with E-state index < -0.39 is 0 Å². The molecule has 0 unspecified atom stereocenters. The molecule has 0 radical (unpaired) electrons. The van der Waals surface area contributed by atoms with Crippen LogP contribution in [0.2, 0.25) is 0 Å². The number of amides is 1. The minimum absolute atomic E-state index is 0.0717. The molecule has 0 spiro atoms. The van der Waals surface area contributed by atoms with Crippen LogP contribution < -0.4 is 10.6 Å². The summed E-state index contributed by atoms with van der Waals surface area (Å²) in [7, 11) is 1.37. The highest BCUT2D eigenvalue weighted by atomic mass is 32.1. The van der Waals surface area contributed by atoms with Crippen molar-refractivity contribution in [2.24, 2.45) is 0 Å². The summed E-state index contributed by atoms with van der Waals surface area (Å²) in [5, 5.41) is 7.08. The fraction of sp³-hybridized carbons (Fsp3) is 0.226. The first-order valence-electron chi connectivity index (χ1n) is 13.2. The maximum absolute atomic E-state index is 13.0. The van der Waals surface area contributed by atoms with E-state index in [1.54, 1.807) is 18.3 Å². The number of aryl methyl sites for hydroxylation is 1. The average Bonchev–Trinajstić information content (AvgIpc) is 3.60. The maximum atomic E-state index is 13.0. The highest BCUT2D eigenvalue weighted by molar-refractivity contribution is 7.80. The summed E-state index contributed by atoms with van der Waals surface area (Å²) < 4.78 is 6.91. The van der Waals surface area contributed by atoms with Crippen molar-refractivity contribution in [1.82, 2.24) is 19.8 Å². The topological polar surface area (TPSA) is 88.5 Å². The number of aromatic nitrogens is 2.